The van der Waals surface area contributed by atoms with Crippen molar-refractivity contribution in [2.45, 2.75) is 33.8 Å². The molecule has 0 radical (unpaired) electrons. The summed E-state index contributed by atoms with van der Waals surface area (Å²) < 4.78 is 5.83. The van der Waals surface area contributed by atoms with Gasteiger partial charge in [-0.1, -0.05) is 42.3 Å². The Morgan fingerprint density at radius 3 is 2.61 bits per heavy atom. The Labute approximate surface area is 141 Å². The molecule has 23 heavy (non-hydrogen) atoms. The zero-order chi connectivity index (χ0) is 17.0. The smallest absolute Gasteiger partial charge is 0.250 e. The molecular formula is C18H20ClNO3. The van der Waals surface area contributed by atoms with Crippen LogP contribution in [0.15, 0.2) is 36.4 Å². The number of carbonyl (C=O) groups excluding carboxylic acids is 1. The molecular weight excluding hydrogens is 314 g/mol. The molecule has 2 aromatic carbocycles. The fourth-order valence-electron chi connectivity index (χ4n) is 2.26. The second-order valence-corrected chi connectivity index (χ2v) is 5.83. The lowest BCUT2D eigenvalue weighted by Crippen LogP contribution is -2.27. The molecule has 0 aromatic heterocycles. The zero-order valence-electron chi connectivity index (χ0n) is 13.5. The molecule has 0 saturated heterocycles. The maximum absolute atomic E-state index is 11.7. The van der Waals surface area contributed by atoms with Gasteiger partial charge in [0.1, 0.15) is 12.4 Å². The molecule has 0 aliphatic heterocycles. The minimum atomic E-state index is -0.403. The fraction of sp³-hybridized carbons (Fsp3) is 0.278. The van der Waals surface area contributed by atoms with E-state index >= 15 is 0 Å². The number of hydroxylamine groups is 1. The second kappa shape index (κ2) is 7.49. The predicted octanol–water partition coefficient (Wildman–Crippen LogP) is 4.67. The van der Waals surface area contributed by atoms with E-state index in [0.29, 0.717) is 21.3 Å². The Bertz CT molecular complexity index is 715. The summed E-state index contributed by atoms with van der Waals surface area (Å²) in [6.07, 6.45) is 0.195. The summed E-state index contributed by atoms with van der Waals surface area (Å²) in [5.74, 6) is 0.364. The molecule has 0 aliphatic rings. The Hall–Kier alpha value is -2.04. The lowest BCUT2D eigenvalue weighted by Gasteiger charge is -2.19. The minimum absolute atomic E-state index is 0.195. The van der Waals surface area contributed by atoms with Crippen LogP contribution in [0.3, 0.4) is 0 Å². The first-order valence-electron chi connectivity index (χ1n) is 7.42. The van der Waals surface area contributed by atoms with Gasteiger partial charge in [0.15, 0.2) is 0 Å². The summed E-state index contributed by atoms with van der Waals surface area (Å²) in [4.78, 5) is 11.7. The Morgan fingerprint density at radius 1 is 1.22 bits per heavy atom. The molecule has 1 amide bonds. The number of hydrogen-bond acceptors (Lipinski definition) is 3. The predicted molar refractivity (Wildman–Crippen MR) is 91.3 cm³/mol. The van der Waals surface area contributed by atoms with E-state index in [1.807, 2.05) is 32.0 Å². The van der Waals surface area contributed by atoms with Gasteiger partial charge in [0.2, 0.25) is 5.91 Å². The van der Waals surface area contributed by atoms with Gasteiger partial charge in [-0.05, 0) is 37.6 Å². The Balaban J connectivity index is 2.24. The number of carbonyl (C=O) groups is 1. The topological polar surface area (TPSA) is 49.8 Å². The Kier molecular flexibility index (Phi) is 5.64. The van der Waals surface area contributed by atoms with Crippen LogP contribution in [0.5, 0.6) is 5.75 Å². The highest BCUT2D eigenvalue weighted by molar-refractivity contribution is 6.31. The molecule has 0 atom stereocenters. The van der Waals surface area contributed by atoms with Gasteiger partial charge < -0.3 is 4.74 Å². The van der Waals surface area contributed by atoms with Crippen LogP contribution in [-0.4, -0.2) is 11.1 Å². The van der Waals surface area contributed by atoms with Crippen LogP contribution in [0.1, 0.15) is 30.0 Å². The van der Waals surface area contributed by atoms with Gasteiger partial charge in [0.25, 0.3) is 0 Å². The molecule has 2 aromatic rings. The van der Waals surface area contributed by atoms with Gasteiger partial charge in [-0.3, -0.25) is 10.0 Å². The summed E-state index contributed by atoms with van der Waals surface area (Å²) in [7, 11) is 0. The zero-order valence-corrected chi connectivity index (χ0v) is 14.2. The van der Waals surface area contributed by atoms with Crippen LogP contribution in [0.25, 0.3) is 0 Å². The van der Waals surface area contributed by atoms with E-state index in [1.165, 1.54) is 0 Å². The quantitative estimate of drug-likeness (QED) is 0.639. The van der Waals surface area contributed by atoms with Crippen molar-refractivity contribution in [3.63, 3.8) is 0 Å². The van der Waals surface area contributed by atoms with Crippen molar-refractivity contribution in [3.05, 3.63) is 58.1 Å². The van der Waals surface area contributed by atoms with Gasteiger partial charge in [-0.2, -0.15) is 5.06 Å². The molecule has 0 saturated carbocycles. The highest BCUT2D eigenvalue weighted by atomic mass is 35.5. The van der Waals surface area contributed by atoms with Crippen molar-refractivity contribution >= 4 is 23.2 Å². The van der Waals surface area contributed by atoms with Gasteiger partial charge >= 0.3 is 0 Å². The molecule has 0 unspecified atom stereocenters. The first-order valence-corrected chi connectivity index (χ1v) is 7.80. The van der Waals surface area contributed by atoms with Crippen molar-refractivity contribution in [2.24, 2.45) is 0 Å². The van der Waals surface area contributed by atoms with Crippen molar-refractivity contribution in [3.8, 4) is 5.75 Å². The van der Waals surface area contributed by atoms with E-state index in [1.54, 1.807) is 25.1 Å². The summed E-state index contributed by atoms with van der Waals surface area (Å²) in [6, 6.07) is 10.9. The number of aryl methyl sites for hydroxylation is 2. The highest BCUT2D eigenvalue weighted by Crippen LogP contribution is 2.27. The average Bonchev–Trinajstić information content (AvgIpc) is 2.53. The first kappa shape index (κ1) is 17.3. The lowest BCUT2D eigenvalue weighted by molar-refractivity contribution is -0.123. The third kappa shape index (κ3) is 4.24. The number of benzene rings is 2. The molecule has 0 heterocycles. The number of hydrogen-bond donors (Lipinski definition) is 1. The summed E-state index contributed by atoms with van der Waals surface area (Å²) in [6.45, 7) is 5.91. The molecule has 4 nitrogen and oxygen atoms in total. The van der Waals surface area contributed by atoms with Crippen LogP contribution in [0.4, 0.5) is 5.69 Å². The van der Waals surface area contributed by atoms with Crippen LogP contribution in [0, 0.1) is 13.8 Å². The number of rotatable bonds is 5. The maximum Gasteiger partial charge on any atom is 0.250 e. The third-order valence-electron chi connectivity index (χ3n) is 3.53. The largest absolute Gasteiger partial charge is 0.489 e. The number of nitrogens with zero attached hydrogens (tertiary/aromatic N) is 1. The fourth-order valence-corrected chi connectivity index (χ4v) is 2.42. The lowest BCUT2D eigenvalue weighted by atomic mass is 10.1. The summed E-state index contributed by atoms with van der Waals surface area (Å²) in [5, 5.41) is 11.1. The maximum atomic E-state index is 11.7. The van der Waals surface area contributed by atoms with Crippen LogP contribution in [0.2, 0.25) is 5.02 Å². The molecule has 122 valence electrons. The van der Waals surface area contributed by atoms with Gasteiger partial charge in [-0.25, -0.2) is 0 Å². The number of anilines is 1. The molecule has 5 heteroatoms. The Morgan fingerprint density at radius 2 is 1.96 bits per heavy atom. The van der Waals surface area contributed by atoms with Gasteiger partial charge in [0, 0.05) is 17.0 Å². The molecule has 0 bridgehead atoms. The second-order valence-electron chi connectivity index (χ2n) is 5.39. The van der Waals surface area contributed by atoms with E-state index in [-0.39, 0.29) is 13.0 Å². The molecule has 0 spiro atoms. The number of ether oxygens (including phenoxy) is 1. The average molecular weight is 334 g/mol. The SMILES string of the molecule is CCC(=O)N(O)c1cc(Cl)ccc1COc1ccc(C)cc1C. The van der Waals surface area contributed by atoms with Crippen molar-refractivity contribution < 1.29 is 14.7 Å². The number of halogens is 1. The first-order chi connectivity index (χ1) is 10.9. The standard InChI is InChI=1S/C18H20ClNO3/c1-4-18(21)20(22)16-10-15(19)7-6-14(16)11-23-17-8-5-12(2)9-13(17)3/h5-10,22H,4,11H2,1-3H3. The molecule has 0 fully saturated rings. The minimum Gasteiger partial charge on any atom is -0.489 e. The van der Waals surface area contributed by atoms with Gasteiger partial charge in [0.05, 0.1) is 5.69 Å². The molecule has 0 aliphatic carbocycles. The van der Waals surface area contributed by atoms with E-state index in [4.69, 9.17) is 16.3 Å². The van der Waals surface area contributed by atoms with Crippen LogP contribution < -0.4 is 9.80 Å². The van der Waals surface area contributed by atoms with Crippen molar-refractivity contribution in [1.82, 2.24) is 0 Å². The summed E-state index contributed by atoms with van der Waals surface area (Å²) >= 11 is 5.98. The van der Waals surface area contributed by atoms with Crippen LogP contribution >= 0.6 is 11.6 Å². The third-order valence-corrected chi connectivity index (χ3v) is 3.76. The van der Waals surface area contributed by atoms with E-state index < -0.39 is 5.91 Å². The normalized spacial score (nSPS) is 10.5. The molecule has 1 N–H and O–H groups in total. The number of amides is 1. The van der Waals surface area contributed by atoms with Crippen molar-refractivity contribution in [1.29, 1.82) is 0 Å². The van der Waals surface area contributed by atoms with Crippen LogP contribution in [-0.2, 0) is 11.4 Å². The van der Waals surface area contributed by atoms with E-state index in [9.17, 15) is 10.0 Å². The van der Waals surface area contributed by atoms with Crippen molar-refractivity contribution in [2.75, 3.05) is 5.06 Å². The summed E-state index contributed by atoms with van der Waals surface area (Å²) in [5.41, 5.74) is 3.22. The van der Waals surface area contributed by atoms with E-state index in [0.717, 1.165) is 16.9 Å². The molecule has 2 rings (SSSR count). The monoisotopic (exact) mass is 333 g/mol. The van der Waals surface area contributed by atoms with E-state index in [2.05, 4.69) is 0 Å². The highest BCUT2D eigenvalue weighted by Gasteiger charge is 2.16. The van der Waals surface area contributed by atoms with Gasteiger partial charge in [-0.15, -0.1) is 0 Å².